The van der Waals surface area contributed by atoms with Gasteiger partial charge in [-0.05, 0) is 31.4 Å². The molecule has 0 saturated heterocycles. The lowest BCUT2D eigenvalue weighted by molar-refractivity contribution is -0.157. The Labute approximate surface area is 160 Å². The summed E-state index contributed by atoms with van der Waals surface area (Å²) in [6, 6.07) is 3.06. The average molecular weight is 383 g/mol. The Morgan fingerprint density at radius 2 is 1.63 bits per heavy atom. The molecule has 0 aromatic heterocycles. The first-order valence-corrected chi connectivity index (χ1v) is 9.43. The molecule has 0 aliphatic carbocycles. The lowest BCUT2D eigenvalue weighted by Crippen LogP contribution is -2.49. The third-order valence-corrected chi connectivity index (χ3v) is 3.87. The SMILES string of the molecule is CCCCN(c1ccc(OC)c(F)c1)C(C(=O)OCCC)C(=O)OCCC. The van der Waals surface area contributed by atoms with Crippen molar-refractivity contribution in [3.63, 3.8) is 0 Å². The molecule has 0 saturated carbocycles. The van der Waals surface area contributed by atoms with Gasteiger partial charge in [0.05, 0.1) is 20.3 Å². The van der Waals surface area contributed by atoms with Crippen molar-refractivity contribution in [2.24, 2.45) is 0 Å². The minimum absolute atomic E-state index is 0.0906. The topological polar surface area (TPSA) is 65.1 Å². The minimum atomic E-state index is -1.28. The van der Waals surface area contributed by atoms with Crippen LogP contribution >= 0.6 is 0 Å². The molecule has 152 valence electrons. The highest BCUT2D eigenvalue weighted by molar-refractivity contribution is 6.02. The first-order valence-electron chi connectivity index (χ1n) is 9.43. The van der Waals surface area contributed by atoms with E-state index in [1.807, 2.05) is 20.8 Å². The van der Waals surface area contributed by atoms with Gasteiger partial charge in [-0.3, -0.25) is 0 Å². The Morgan fingerprint density at radius 1 is 1.04 bits per heavy atom. The van der Waals surface area contributed by atoms with Crippen molar-refractivity contribution in [1.82, 2.24) is 0 Å². The molecule has 0 atom stereocenters. The van der Waals surface area contributed by atoms with Gasteiger partial charge in [-0.1, -0.05) is 27.2 Å². The summed E-state index contributed by atoms with van der Waals surface area (Å²) in [5.74, 6) is -1.86. The van der Waals surface area contributed by atoms with Crippen molar-refractivity contribution in [1.29, 1.82) is 0 Å². The number of hydrogen-bond acceptors (Lipinski definition) is 6. The zero-order chi connectivity index (χ0) is 20.2. The number of esters is 2. The summed E-state index contributed by atoms with van der Waals surface area (Å²) >= 11 is 0. The number of anilines is 1. The number of carbonyl (C=O) groups is 2. The lowest BCUT2D eigenvalue weighted by atomic mass is 10.1. The van der Waals surface area contributed by atoms with Crippen LogP contribution in [-0.2, 0) is 19.1 Å². The van der Waals surface area contributed by atoms with Crippen LogP contribution in [0.25, 0.3) is 0 Å². The van der Waals surface area contributed by atoms with E-state index in [0.717, 1.165) is 6.42 Å². The van der Waals surface area contributed by atoms with E-state index in [0.29, 0.717) is 31.5 Å². The molecule has 0 amide bonds. The number of unbranched alkanes of at least 4 members (excludes halogenated alkanes) is 1. The fraction of sp³-hybridized carbons (Fsp3) is 0.600. The molecule has 27 heavy (non-hydrogen) atoms. The van der Waals surface area contributed by atoms with E-state index in [1.54, 1.807) is 11.0 Å². The predicted octanol–water partition coefficient (Wildman–Crippen LogP) is 3.72. The molecule has 0 aliphatic rings. The van der Waals surface area contributed by atoms with Crippen LogP contribution in [0.2, 0.25) is 0 Å². The summed E-state index contributed by atoms with van der Waals surface area (Å²) in [6.07, 6.45) is 2.82. The van der Waals surface area contributed by atoms with Gasteiger partial charge >= 0.3 is 11.9 Å². The fourth-order valence-corrected chi connectivity index (χ4v) is 2.48. The molecular weight excluding hydrogens is 353 g/mol. The third-order valence-electron chi connectivity index (χ3n) is 3.87. The van der Waals surface area contributed by atoms with E-state index < -0.39 is 23.8 Å². The fourth-order valence-electron chi connectivity index (χ4n) is 2.48. The number of halogens is 1. The molecular formula is C20H30FNO5. The van der Waals surface area contributed by atoms with E-state index in [4.69, 9.17) is 14.2 Å². The van der Waals surface area contributed by atoms with Crippen molar-refractivity contribution in [2.75, 3.05) is 31.8 Å². The maximum absolute atomic E-state index is 14.2. The second kappa shape index (κ2) is 12.1. The van der Waals surface area contributed by atoms with E-state index in [1.165, 1.54) is 19.2 Å². The Balaban J connectivity index is 3.25. The van der Waals surface area contributed by atoms with Gasteiger partial charge in [-0.15, -0.1) is 0 Å². The smallest absolute Gasteiger partial charge is 0.340 e. The second-order valence-electron chi connectivity index (χ2n) is 6.10. The highest BCUT2D eigenvalue weighted by Crippen LogP contribution is 2.26. The zero-order valence-electron chi connectivity index (χ0n) is 16.6. The van der Waals surface area contributed by atoms with Crippen LogP contribution in [-0.4, -0.2) is 44.8 Å². The minimum Gasteiger partial charge on any atom is -0.494 e. The number of benzene rings is 1. The maximum atomic E-state index is 14.2. The highest BCUT2D eigenvalue weighted by atomic mass is 19.1. The quantitative estimate of drug-likeness (QED) is 0.405. The van der Waals surface area contributed by atoms with Gasteiger partial charge in [-0.25, -0.2) is 14.0 Å². The van der Waals surface area contributed by atoms with Gasteiger partial charge in [0.15, 0.2) is 11.6 Å². The van der Waals surface area contributed by atoms with Gasteiger partial charge in [0.25, 0.3) is 0 Å². The summed E-state index contributed by atoms with van der Waals surface area (Å²) in [5.41, 5.74) is 0.397. The molecule has 1 rings (SSSR count). The zero-order valence-corrected chi connectivity index (χ0v) is 16.6. The molecule has 0 N–H and O–H groups in total. The van der Waals surface area contributed by atoms with E-state index in [2.05, 4.69) is 0 Å². The number of ether oxygens (including phenoxy) is 3. The normalized spacial score (nSPS) is 10.6. The number of nitrogens with zero attached hydrogens (tertiary/aromatic N) is 1. The number of hydrogen-bond donors (Lipinski definition) is 0. The number of methoxy groups -OCH3 is 1. The van der Waals surface area contributed by atoms with Crippen LogP contribution in [0.5, 0.6) is 5.75 Å². The molecule has 0 heterocycles. The molecule has 7 heteroatoms. The summed E-state index contributed by atoms with van der Waals surface area (Å²) in [6.45, 7) is 6.52. The Bertz CT molecular complexity index is 588. The molecule has 0 aliphatic heterocycles. The van der Waals surface area contributed by atoms with Crippen LogP contribution in [0.1, 0.15) is 46.5 Å². The summed E-state index contributed by atoms with van der Waals surface area (Å²) in [7, 11) is 1.37. The van der Waals surface area contributed by atoms with Gasteiger partial charge in [0, 0.05) is 18.3 Å². The van der Waals surface area contributed by atoms with Crippen LogP contribution in [0.15, 0.2) is 18.2 Å². The predicted molar refractivity (Wildman–Crippen MR) is 101 cm³/mol. The number of carbonyl (C=O) groups excluding carboxylic acids is 2. The van der Waals surface area contributed by atoms with Crippen molar-refractivity contribution >= 4 is 17.6 Å². The van der Waals surface area contributed by atoms with E-state index in [-0.39, 0.29) is 19.0 Å². The molecule has 0 radical (unpaired) electrons. The van der Waals surface area contributed by atoms with Crippen molar-refractivity contribution in [2.45, 2.75) is 52.5 Å². The summed E-state index contributed by atoms with van der Waals surface area (Å²) in [5, 5.41) is 0. The largest absolute Gasteiger partial charge is 0.494 e. The first kappa shape index (κ1) is 22.7. The molecule has 1 aromatic rings. The maximum Gasteiger partial charge on any atom is 0.340 e. The molecule has 0 unspecified atom stereocenters. The Kier molecular flexibility index (Phi) is 10.2. The van der Waals surface area contributed by atoms with Crippen LogP contribution in [0, 0.1) is 5.82 Å². The molecule has 0 spiro atoms. The van der Waals surface area contributed by atoms with Crippen molar-refractivity contribution in [3.8, 4) is 5.75 Å². The van der Waals surface area contributed by atoms with Crippen LogP contribution in [0.3, 0.4) is 0 Å². The van der Waals surface area contributed by atoms with Crippen molar-refractivity contribution < 1.29 is 28.2 Å². The Hall–Kier alpha value is -2.31. The monoisotopic (exact) mass is 383 g/mol. The standard InChI is InChI=1S/C20H30FNO5/c1-5-8-11-22(15-9-10-17(25-4)16(21)14-15)18(19(23)26-12-6-2)20(24)27-13-7-3/h9-10,14,18H,5-8,11-13H2,1-4H3. The second-order valence-corrected chi connectivity index (χ2v) is 6.10. The summed E-state index contributed by atoms with van der Waals surface area (Å²) < 4.78 is 29.6. The first-order chi connectivity index (χ1) is 13.0. The average Bonchev–Trinajstić information content (AvgIpc) is 2.67. The van der Waals surface area contributed by atoms with Gasteiger partial charge in [-0.2, -0.15) is 0 Å². The van der Waals surface area contributed by atoms with E-state index >= 15 is 0 Å². The lowest BCUT2D eigenvalue weighted by Gasteiger charge is -2.31. The van der Waals surface area contributed by atoms with Crippen LogP contribution < -0.4 is 9.64 Å². The summed E-state index contributed by atoms with van der Waals surface area (Å²) in [4.78, 5) is 26.8. The van der Waals surface area contributed by atoms with Crippen molar-refractivity contribution in [3.05, 3.63) is 24.0 Å². The van der Waals surface area contributed by atoms with Gasteiger partial charge in [0.2, 0.25) is 6.04 Å². The number of rotatable bonds is 12. The molecule has 0 fully saturated rings. The third kappa shape index (κ3) is 6.73. The molecule has 1 aromatic carbocycles. The highest BCUT2D eigenvalue weighted by Gasteiger charge is 2.36. The molecule has 6 nitrogen and oxygen atoms in total. The Morgan fingerprint density at radius 3 is 2.07 bits per heavy atom. The van der Waals surface area contributed by atoms with E-state index in [9.17, 15) is 14.0 Å². The van der Waals surface area contributed by atoms with Gasteiger partial charge < -0.3 is 19.1 Å². The molecule has 0 bridgehead atoms. The van der Waals surface area contributed by atoms with Crippen LogP contribution in [0.4, 0.5) is 10.1 Å². The van der Waals surface area contributed by atoms with Gasteiger partial charge in [0.1, 0.15) is 0 Å².